The highest BCUT2D eigenvalue weighted by molar-refractivity contribution is 5.64. The molecule has 0 bridgehead atoms. The summed E-state index contributed by atoms with van der Waals surface area (Å²) in [6.45, 7) is 2.16. The van der Waals surface area contributed by atoms with Gasteiger partial charge in [0.05, 0.1) is 16.8 Å². The van der Waals surface area contributed by atoms with Crippen LogP contribution < -0.4 is 5.56 Å². The van der Waals surface area contributed by atoms with Crippen molar-refractivity contribution in [3.63, 3.8) is 0 Å². The Morgan fingerprint density at radius 3 is 2.42 bits per heavy atom. The maximum Gasteiger partial charge on any atom is 0.260 e. The molecule has 0 saturated carbocycles. The standard InChI is InChI=1S/C19H20F3N3O/c1-2-3-4-5-6-7-13-10-25-11-14(18(26)24-19(25)23-13)17-15(21)8-12(20)9-16(17)22/h8-11H,2-7H2,1H3,(H,23,24,26). The van der Waals surface area contributed by atoms with Gasteiger partial charge in [0.1, 0.15) is 17.5 Å². The van der Waals surface area contributed by atoms with Crippen LogP contribution in [0.5, 0.6) is 0 Å². The second kappa shape index (κ2) is 7.76. The molecule has 0 amide bonds. The van der Waals surface area contributed by atoms with Crippen LogP contribution in [-0.2, 0) is 6.42 Å². The number of unbranched alkanes of at least 4 members (excludes halogenated alkanes) is 4. The fraction of sp³-hybridized carbons (Fsp3) is 0.368. The molecule has 3 rings (SSSR count). The zero-order chi connectivity index (χ0) is 18.7. The average Bonchev–Trinajstić information content (AvgIpc) is 2.95. The number of hydrogen-bond donors (Lipinski definition) is 1. The minimum atomic E-state index is -1.12. The summed E-state index contributed by atoms with van der Waals surface area (Å²) in [6, 6.07) is 1.11. The van der Waals surface area contributed by atoms with Crippen molar-refractivity contribution in [3.8, 4) is 11.1 Å². The maximum atomic E-state index is 14.0. The number of aromatic amines is 1. The van der Waals surface area contributed by atoms with E-state index in [-0.39, 0.29) is 5.56 Å². The summed E-state index contributed by atoms with van der Waals surface area (Å²) in [5.41, 5.74) is -0.639. The molecule has 0 unspecified atom stereocenters. The van der Waals surface area contributed by atoms with E-state index >= 15 is 0 Å². The third-order valence-electron chi connectivity index (χ3n) is 4.33. The molecule has 0 spiro atoms. The van der Waals surface area contributed by atoms with E-state index in [4.69, 9.17) is 0 Å². The Labute approximate surface area is 148 Å². The molecule has 0 fully saturated rings. The van der Waals surface area contributed by atoms with Crippen molar-refractivity contribution in [3.05, 3.63) is 58.0 Å². The third kappa shape index (κ3) is 3.81. The van der Waals surface area contributed by atoms with Gasteiger partial charge in [0.25, 0.3) is 5.56 Å². The first-order valence-corrected chi connectivity index (χ1v) is 8.75. The Bertz CT molecular complexity index is 955. The predicted octanol–water partition coefficient (Wildman–Crippen LogP) is 4.62. The number of aryl methyl sites for hydroxylation is 1. The van der Waals surface area contributed by atoms with E-state index in [2.05, 4.69) is 16.9 Å². The molecular weight excluding hydrogens is 343 g/mol. The van der Waals surface area contributed by atoms with Gasteiger partial charge in [-0.1, -0.05) is 32.6 Å². The first-order chi connectivity index (χ1) is 12.5. The second-order valence-electron chi connectivity index (χ2n) is 6.37. The fourth-order valence-electron chi connectivity index (χ4n) is 3.01. The van der Waals surface area contributed by atoms with Gasteiger partial charge in [-0.05, 0) is 12.8 Å². The Kier molecular flexibility index (Phi) is 5.44. The number of halogens is 3. The van der Waals surface area contributed by atoms with Crippen LogP contribution in [0.15, 0.2) is 29.3 Å². The van der Waals surface area contributed by atoms with Gasteiger partial charge in [-0.25, -0.2) is 18.2 Å². The van der Waals surface area contributed by atoms with Gasteiger partial charge in [-0.15, -0.1) is 0 Å². The molecule has 3 aromatic rings. The number of nitrogens with zero attached hydrogens (tertiary/aromatic N) is 2. The Hall–Kier alpha value is -2.57. The summed E-state index contributed by atoms with van der Waals surface area (Å²) in [5.74, 6) is -2.97. The zero-order valence-corrected chi connectivity index (χ0v) is 14.5. The minimum Gasteiger partial charge on any atom is -0.292 e. The lowest BCUT2D eigenvalue weighted by Gasteiger charge is -2.05. The van der Waals surface area contributed by atoms with Crippen LogP contribution >= 0.6 is 0 Å². The molecule has 0 radical (unpaired) electrons. The molecule has 1 N–H and O–H groups in total. The monoisotopic (exact) mass is 363 g/mol. The van der Waals surface area contributed by atoms with Gasteiger partial charge in [0, 0.05) is 24.5 Å². The first kappa shape index (κ1) is 18.2. The van der Waals surface area contributed by atoms with Crippen LogP contribution in [0.1, 0.15) is 44.7 Å². The highest BCUT2D eigenvalue weighted by Gasteiger charge is 2.18. The Balaban J connectivity index is 1.90. The molecule has 0 atom stereocenters. The van der Waals surface area contributed by atoms with Crippen LogP contribution in [0.2, 0.25) is 0 Å². The number of rotatable bonds is 7. The number of hydrogen-bond acceptors (Lipinski definition) is 2. The highest BCUT2D eigenvalue weighted by atomic mass is 19.1. The van der Waals surface area contributed by atoms with E-state index in [0.29, 0.717) is 17.9 Å². The Morgan fingerprint density at radius 1 is 1.04 bits per heavy atom. The summed E-state index contributed by atoms with van der Waals surface area (Å²) in [7, 11) is 0. The minimum absolute atomic E-state index is 0.209. The molecule has 2 aromatic heterocycles. The molecule has 2 heterocycles. The van der Waals surface area contributed by atoms with E-state index in [0.717, 1.165) is 25.0 Å². The molecule has 0 aliphatic heterocycles. The lowest BCUT2D eigenvalue weighted by atomic mass is 10.1. The maximum absolute atomic E-state index is 14.0. The molecule has 26 heavy (non-hydrogen) atoms. The smallest absolute Gasteiger partial charge is 0.260 e. The molecule has 0 aliphatic carbocycles. The number of H-pyrrole nitrogens is 1. The van der Waals surface area contributed by atoms with Gasteiger partial charge in [0.15, 0.2) is 0 Å². The van der Waals surface area contributed by atoms with Gasteiger partial charge in [0.2, 0.25) is 5.78 Å². The van der Waals surface area contributed by atoms with E-state index in [9.17, 15) is 18.0 Å². The molecular formula is C19H20F3N3O. The van der Waals surface area contributed by atoms with E-state index in [1.807, 2.05) is 0 Å². The van der Waals surface area contributed by atoms with E-state index in [1.54, 1.807) is 6.20 Å². The summed E-state index contributed by atoms with van der Waals surface area (Å²) < 4.78 is 42.6. The summed E-state index contributed by atoms with van der Waals surface area (Å²) in [5, 5.41) is 0. The number of fused-ring (bicyclic) bond motifs is 1. The van der Waals surface area contributed by atoms with Crippen molar-refractivity contribution in [2.45, 2.75) is 45.4 Å². The van der Waals surface area contributed by atoms with Gasteiger partial charge >= 0.3 is 0 Å². The number of imidazole rings is 1. The molecule has 1 aromatic carbocycles. The Morgan fingerprint density at radius 2 is 1.73 bits per heavy atom. The van der Waals surface area contributed by atoms with Crippen molar-refractivity contribution >= 4 is 5.78 Å². The van der Waals surface area contributed by atoms with Crippen molar-refractivity contribution < 1.29 is 13.2 Å². The van der Waals surface area contributed by atoms with Gasteiger partial charge < -0.3 is 0 Å². The fourth-order valence-corrected chi connectivity index (χ4v) is 3.01. The van der Waals surface area contributed by atoms with Crippen LogP contribution in [0.4, 0.5) is 13.2 Å². The molecule has 0 aliphatic rings. The zero-order valence-electron chi connectivity index (χ0n) is 14.5. The van der Waals surface area contributed by atoms with E-state index < -0.39 is 28.6 Å². The first-order valence-electron chi connectivity index (χ1n) is 8.75. The van der Waals surface area contributed by atoms with Crippen LogP contribution in [0.25, 0.3) is 16.9 Å². The lowest BCUT2D eigenvalue weighted by Crippen LogP contribution is -2.13. The lowest BCUT2D eigenvalue weighted by molar-refractivity contribution is 0.547. The molecule has 4 nitrogen and oxygen atoms in total. The van der Waals surface area contributed by atoms with Crippen molar-refractivity contribution in [1.29, 1.82) is 0 Å². The number of benzene rings is 1. The quantitative estimate of drug-likeness (QED) is 0.623. The van der Waals surface area contributed by atoms with Crippen LogP contribution in [0, 0.1) is 17.5 Å². The number of nitrogens with one attached hydrogen (secondary N) is 1. The predicted molar refractivity (Wildman–Crippen MR) is 93.6 cm³/mol. The van der Waals surface area contributed by atoms with E-state index in [1.165, 1.54) is 29.9 Å². The molecule has 0 saturated heterocycles. The van der Waals surface area contributed by atoms with Gasteiger partial charge in [-0.3, -0.25) is 14.2 Å². The SMILES string of the molecule is CCCCCCCc1cn2cc(-c3c(F)cc(F)cc3F)c(=O)[nH]c2n1. The topological polar surface area (TPSA) is 50.2 Å². The second-order valence-corrected chi connectivity index (χ2v) is 6.37. The van der Waals surface area contributed by atoms with Crippen LogP contribution in [-0.4, -0.2) is 14.4 Å². The third-order valence-corrected chi connectivity index (χ3v) is 4.33. The largest absolute Gasteiger partial charge is 0.292 e. The van der Waals surface area contributed by atoms with Crippen molar-refractivity contribution in [2.75, 3.05) is 0 Å². The van der Waals surface area contributed by atoms with Gasteiger partial charge in [-0.2, -0.15) is 0 Å². The molecule has 138 valence electrons. The molecule has 7 heteroatoms. The summed E-state index contributed by atoms with van der Waals surface area (Å²) in [4.78, 5) is 19.1. The summed E-state index contributed by atoms with van der Waals surface area (Å²) >= 11 is 0. The number of aromatic nitrogens is 3. The van der Waals surface area contributed by atoms with Crippen LogP contribution in [0.3, 0.4) is 0 Å². The summed E-state index contributed by atoms with van der Waals surface area (Å²) in [6.07, 6.45) is 9.47. The average molecular weight is 363 g/mol. The van der Waals surface area contributed by atoms with Crippen molar-refractivity contribution in [1.82, 2.24) is 14.4 Å². The normalized spacial score (nSPS) is 11.4. The van der Waals surface area contributed by atoms with Crippen molar-refractivity contribution in [2.24, 2.45) is 0 Å². The highest BCUT2D eigenvalue weighted by Crippen LogP contribution is 2.24.